The second kappa shape index (κ2) is 28.7. The lowest BCUT2D eigenvalue weighted by molar-refractivity contribution is -0.346. The number of benzene rings is 3. The van der Waals surface area contributed by atoms with Crippen molar-refractivity contribution in [1.82, 2.24) is 5.32 Å². The molecular weight excluding hydrogens is 1120 g/mol. The summed E-state index contributed by atoms with van der Waals surface area (Å²) in [4.78, 5) is 131. The second-order valence-corrected chi connectivity index (χ2v) is 22.2. The van der Waals surface area contributed by atoms with Gasteiger partial charge in [0.25, 0.3) is 5.91 Å². The summed E-state index contributed by atoms with van der Waals surface area (Å²) in [5.74, 6) is -9.40. The molecule has 24 heteroatoms. The van der Waals surface area contributed by atoms with Gasteiger partial charge in [0, 0.05) is 55.7 Å². The highest BCUT2D eigenvalue weighted by atomic mass is 16.7. The minimum absolute atomic E-state index is 0.0224. The number of nitrogens with one attached hydrogen (secondary N) is 1. The van der Waals surface area contributed by atoms with E-state index in [9.17, 15) is 38.7 Å². The third-order valence-electron chi connectivity index (χ3n) is 16.3. The van der Waals surface area contributed by atoms with Crippen molar-refractivity contribution in [3.63, 3.8) is 0 Å². The van der Waals surface area contributed by atoms with Crippen molar-refractivity contribution in [3.05, 3.63) is 142 Å². The summed E-state index contributed by atoms with van der Waals surface area (Å²) in [7, 11) is 0. The third kappa shape index (κ3) is 14.3. The molecule has 0 radical (unpaired) electrons. The number of amides is 1. The molecule has 3 aromatic rings. The summed E-state index contributed by atoms with van der Waals surface area (Å²) in [5.41, 5.74) is 0.0440. The highest BCUT2D eigenvalue weighted by Gasteiger charge is 2.79. The number of rotatable bonds is 27. The molecular formula is C62H72N4O20. The van der Waals surface area contributed by atoms with Gasteiger partial charge in [0.1, 0.15) is 62.5 Å². The average molecular weight is 1190 g/mol. The zero-order chi connectivity index (χ0) is 62.4. The van der Waals surface area contributed by atoms with Crippen LogP contribution in [-0.2, 0) is 76.1 Å². The maximum Gasteiger partial charge on any atom is 0.508 e. The minimum Gasteiger partial charge on any atom is -0.455 e. The molecule has 1 amide bonds. The second-order valence-electron chi connectivity index (χ2n) is 22.2. The van der Waals surface area contributed by atoms with Crippen molar-refractivity contribution in [3.8, 4) is 0 Å². The van der Waals surface area contributed by atoms with Gasteiger partial charge in [0.2, 0.25) is 6.10 Å². The van der Waals surface area contributed by atoms with E-state index in [1.165, 1.54) is 58.0 Å². The first-order valence-corrected chi connectivity index (χ1v) is 28.2. The molecule has 4 aliphatic rings. The van der Waals surface area contributed by atoms with Crippen molar-refractivity contribution >= 4 is 53.5 Å². The molecule has 11 atom stereocenters. The Morgan fingerprint density at radius 1 is 0.826 bits per heavy atom. The van der Waals surface area contributed by atoms with Crippen LogP contribution in [0.4, 0.5) is 4.79 Å². The Bertz CT molecular complexity index is 3080. The standard InChI is InChI=1S/C62H72N4O20/c1-8-29-79-58(75)83-45-31-46-61(36-80-46,86-39(4)68)52-54(85-56(73)42-26-18-13-19-27-42)62(76)32-44(37(2)48(59(62,5)6)50(81-38(3)67)53(71)60(45,52)7)82-57(74)51(49(40-22-14-11-15-23-40)65-55(72)41-24-16-12-17-25-41)84-47(70)35-78-34-43(69)33-77-30-21-10-9-20-28-64-66-63/h8,11-19,22-27,44-46,49-52,54,76H,1,9-10,20-21,28-36H2,2-7H3,(H,65,72)/t44-,45-,46+,49-,50+,51+,52?,54-,60+,61-,62+/m0/s1. The molecule has 86 heavy (non-hydrogen) atoms. The number of Topliss-reactive ketones (excluding diaryl/α,β-unsaturated/α-hetero) is 2. The van der Waals surface area contributed by atoms with E-state index in [0.29, 0.717) is 19.4 Å². The molecule has 3 aromatic carbocycles. The lowest BCUT2D eigenvalue weighted by atomic mass is 9.44. The van der Waals surface area contributed by atoms with Crippen LogP contribution in [0, 0.1) is 16.7 Å². The van der Waals surface area contributed by atoms with Crippen molar-refractivity contribution < 1.29 is 95.6 Å². The van der Waals surface area contributed by atoms with E-state index in [2.05, 4.69) is 21.9 Å². The van der Waals surface area contributed by atoms with Crippen LogP contribution in [0.15, 0.2) is 120 Å². The van der Waals surface area contributed by atoms with Gasteiger partial charge in [-0.05, 0) is 73.2 Å². The molecule has 24 nitrogen and oxygen atoms in total. The van der Waals surface area contributed by atoms with E-state index in [1.807, 2.05) is 0 Å². The van der Waals surface area contributed by atoms with Gasteiger partial charge in [-0.3, -0.25) is 24.0 Å². The van der Waals surface area contributed by atoms with Gasteiger partial charge in [-0.2, -0.15) is 0 Å². The predicted molar refractivity (Wildman–Crippen MR) is 301 cm³/mol. The number of esters is 5. The van der Waals surface area contributed by atoms with E-state index >= 15 is 9.59 Å². The first-order chi connectivity index (χ1) is 41.0. The number of fused-ring (bicyclic) bond motifs is 5. The van der Waals surface area contributed by atoms with Crippen LogP contribution < -0.4 is 5.32 Å². The fourth-order valence-corrected chi connectivity index (χ4v) is 12.1. The van der Waals surface area contributed by atoms with E-state index in [4.69, 9.17) is 52.9 Å². The molecule has 2 N–H and O–H groups in total. The van der Waals surface area contributed by atoms with Crippen molar-refractivity contribution in [2.45, 2.75) is 134 Å². The number of ether oxygens (including phenoxy) is 10. The van der Waals surface area contributed by atoms with Crippen molar-refractivity contribution in [2.75, 3.05) is 46.2 Å². The third-order valence-corrected chi connectivity index (χ3v) is 16.3. The van der Waals surface area contributed by atoms with Crippen LogP contribution in [0.3, 0.4) is 0 Å². The molecule has 1 unspecified atom stereocenters. The fraction of sp³-hybridized carbons (Fsp3) is 0.500. The van der Waals surface area contributed by atoms with Crippen LogP contribution in [0.5, 0.6) is 0 Å². The molecule has 2 saturated carbocycles. The molecule has 0 aromatic heterocycles. The largest absolute Gasteiger partial charge is 0.508 e. The summed E-state index contributed by atoms with van der Waals surface area (Å²) in [6, 6.07) is 22.0. The number of hydrogen-bond donors (Lipinski definition) is 2. The molecule has 2 bridgehead atoms. The summed E-state index contributed by atoms with van der Waals surface area (Å²) in [6.45, 7) is 9.59. The Hall–Kier alpha value is -8.28. The monoisotopic (exact) mass is 1190 g/mol. The number of nitrogens with zero attached hydrogens (tertiary/aromatic N) is 3. The predicted octanol–water partition coefficient (Wildman–Crippen LogP) is 7.11. The van der Waals surface area contributed by atoms with E-state index in [1.54, 1.807) is 66.7 Å². The summed E-state index contributed by atoms with van der Waals surface area (Å²) in [6.07, 6.45) is -8.76. The zero-order valence-corrected chi connectivity index (χ0v) is 48.8. The number of carbonyl (C=O) groups is 9. The molecule has 0 spiro atoms. The number of carbonyl (C=O) groups excluding carboxylic acids is 9. The van der Waals surface area contributed by atoms with Gasteiger partial charge in [-0.15, -0.1) is 0 Å². The van der Waals surface area contributed by atoms with E-state index in [-0.39, 0.29) is 54.1 Å². The van der Waals surface area contributed by atoms with Crippen LogP contribution >= 0.6 is 0 Å². The number of azide groups is 1. The average Bonchev–Trinajstić information content (AvgIpc) is 0.679. The van der Waals surface area contributed by atoms with Crippen LogP contribution in [0.2, 0.25) is 0 Å². The number of hydrogen-bond acceptors (Lipinski definition) is 21. The van der Waals surface area contributed by atoms with Crippen LogP contribution in [0.1, 0.15) is 112 Å². The first kappa shape index (κ1) is 65.3. The number of aliphatic hydroxyl groups is 1. The Balaban J connectivity index is 1.32. The van der Waals surface area contributed by atoms with E-state index in [0.717, 1.165) is 26.7 Å². The topological polar surface area (TPSA) is 327 Å². The summed E-state index contributed by atoms with van der Waals surface area (Å²) >= 11 is 0. The Morgan fingerprint density at radius 2 is 1.47 bits per heavy atom. The van der Waals surface area contributed by atoms with Gasteiger partial charge in [-0.25, -0.2) is 19.2 Å². The van der Waals surface area contributed by atoms with Gasteiger partial charge in [0.15, 0.2) is 23.3 Å². The molecule has 7 rings (SSSR count). The normalized spacial score (nSPS) is 25.8. The summed E-state index contributed by atoms with van der Waals surface area (Å²) < 4.78 is 59.3. The lowest BCUT2D eigenvalue weighted by Crippen LogP contribution is -2.82. The smallest absolute Gasteiger partial charge is 0.455 e. The zero-order valence-electron chi connectivity index (χ0n) is 48.8. The Morgan fingerprint density at radius 3 is 2.08 bits per heavy atom. The fourth-order valence-electron chi connectivity index (χ4n) is 12.1. The molecule has 3 fully saturated rings. The van der Waals surface area contributed by atoms with Gasteiger partial charge >= 0.3 is 36.0 Å². The van der Waals surface area contributed by atoms with Gasteiger partial charge in [0.05, 0.1) is 23.5 Å². The summed E-state index contributed by atoms with van der Waals surface area (Å²) in [5, 5.41) is 20.5. The molecule has 3 aliphatic carbocycles. The maximum absolute atomic E-state index is 16.3. The van der Waals surface area contributed by atoms with Gasteiger partial charge < -0.3 is 57.8 Å². The highest BCUT2D eigenvalue weighted by molar-refractivity contribution is 5.97. The Kier molecular flexibility index (Phi) is 21.8. The molecule has 460 valence electrons. The van der Waals surface area contributed by atoms with Crippen molar-refractivity contribution in [1.29, 1.82) is 0 Å². The number of unbranched alkanes of at least 4 members (excludes halogenated alkanes) is 3. The molecule has 1 aliphatic heterocycles. The number of ketones is 2. The van der Waals surface area contributed by atoms with Crippen LogP contribution in [0.25, 0.3) is 10.4 Å². The molecule has 1 saturated heterocycles. The SMILES string of the molecule is C=CCOC(=O)O[C@H]1C[C@H]2OC[C@@]2(OC(C)=O)C2[C@H](OC(=O)c3ccccc3)[C@]3(O)C[C@H](OC(=O)[C@H](OC(=O)COCC(=O)COCCCCCCN=[N+]=[N-])[C@@H](NC(=O)c4ccccc4)c4ccccc4)C(C)=C([C@@H](OC(C)=O)C(=O)[C@@]21C)C3(C)C. The minimum atomic E-state index is -2.61. The molecule has 1 heterocycles. The van der Waals surface area contributed by atoms with Gasteiger partial charge in [-0.1, -0.05) is 111 Å². The Labute approximate surface area is 496 Å². The van der Waals surface area contributed by atoms with Crippen LogP contribution in [-0.4, -0.2) is 153 Å². The van der Waals surface area contributed by atoms with E-state index < -0.39 is 150 Å². The van der Waals surface area contributed by atoms with Crippen molar-refractivity contribution in [2.24, 2.45) is 21.9 Å². The quantitative estimate of drug-likeness (QED) is 0.0146. The maximum atomic E-state index is 16.3. The highest BCUT2D eigenvalue weighted by Crippen LogP contribution is 2.65. The first-order valence-electron chi connectivity index (χ1n) is 28.2. The lowest BCUT2D eigenvalue weighted by Gasteiger charge is -2.67.